The van der Waals surface area contributed by atoms with Gasteiger partial charge in [0.25, 0.3) is 0 Å². The fraction of sp³-hybridized carbons (Fsp3) is 0.500. The Morgan fingerprint density at radius 1 is 1.23 bits per heavy atom. The maximum atomic E-state index is 12.8. The molecule has 0 radical (unpaired) electrons. The highest BCUT2D eigenvalue weighted by Gasteiger charge is 2.58. The van der Waals surface area contributed by atoms with Gasteiger partial charge in [0.15, 0.2) is 5.96 Å². The Labute approximate surface area is 186 Å². The minimum Gasteiger partial charge on any atom is -0.355 e. The molecule has 5 atom stereocenters. The van der Waals surface area contributed by atoms with Gasteiger partial charge in [-0.1, -0.05) is 35.9 Å². The number of carbonyl (C=O) groups is 2. The predicted molar refractivity (Wildman–Crippen MR) is 122 cm³/mol. The fourth-order valence-corrected chi connectivity index (χ4v) is 5.79. The molecule has 1 aliphatic heterocycles. The largest absolute Gasteiger partial charge is 0.355 e. The van der Waals surface area contributed by atoms with Gasteiger partial charge in [-0.15, -0.1) is 0 Å². The molecule has 160 valence electrons. The van der Waals surface area contributed by atoms with Crippen molar-refractivity contribution in [2.24, 2.45) is 28.7 Å². The molecular formula is C22H27ClN4O2S. The Morgan fingerprint density at radius 2 is 1.93 bits per heavy atom. The number of rotatable bonds is 7. The molecule has 30 heavy (non-hydrogen) atoms. The second-order valence-electron chi connectivity index (χ2n) is 7.99. The number of halogens is 1. The molecule has 8 heteroatoms. The van der Waals surface area contributed by atoms with Gasteiger partial charge in [-0.25, -0.2) is 0 Å². The van der Waals surface area contributed by atoms with Crippen LogP contribution in [0.15, 0.2) is 41.4 Å². The summed E-state index contributed by atoms with van der Waals surface area (Å²) in [6, 6.07) is 7.86. The van der Waals surface area contributed by atoms with E-state index in [2.05, 4.69) is 40.1 Å². The minimum atomic E-state index is -0.134. The van der Waals surface area contributed by atoms with E-state index in [4.69, 9.17) is 11.6 Å². The first kappa shape index (κ1) is 21.2. The quantitative estimate of drug-likeness (QED) is 0.291. The van der Waals surface area contributed by atoms with Crippen molar-refractivity contribution in [2.45, 2.75) is 11.7 Å². The molecule has 0 spiro atoms. The van der Waals surface area contributed by atoms with E-state index in [1.807, 2.05) is 18.2 Å². The Balaban J connectivity index is 1.27. The van der Waals surface area contributed by atoms with Crippen LogP contribution < -0.4 is 10.6 Å². The molecule has 1 aromatic rings. The molecule has 1 heterocycles. The summed E-state index contributed by atoms with van der Waals surface area (Å²) in [4.78, 5) is 31.2. The topological polar surface area (TPSA) is 73.8 Å². The number of nitrogens with one attached hydrogen (secondary N) is 2. The van der Waals surface area contributed by atoms with E-state index in [0.29, 0.717) is 25.6 Å². The van der Waals surface area contributed by atoms with Gasteiger partial charge in [-0.3, -0.25) is 19.5 Å². The van der Waals surface area contributed by atoms with Crippen molar-refractivity contribution in [2.75, 3.05) is 32.9 Å². The van der Waals surface area contributed by atoms with Crippen LogP contribution in [0.1, 0.15) is 17.2 Å². The zero-order valence-corrected chi connectivity index (χ0v) is 18.7. The summed E-state index contributed by atoms with van der Waals surface area (Å²) in [5.41, 5.74) is 1.15. The zero-order valence-electron chi connectivity index (χ0n) is 17.2. The van der Waals surface area contributed by atoms with E-state index in [-0.39, 0.29) is 40.7 Å². The molecular weight excluding hydrogens is 420 g/mol. The van der Waals surface area contributed by atoms with E-state index in [1.54, 1.807) is 18.8 Å². The monoisotopic (exact) mass is 446 g/mol. The first-order chi connectivity index (χ1) is 14.5. The van der Waals surface area contributed by atoms with Crippen LogP contribution in [0, 0.1) is 23.7 Å². The average Bonchev–Trinajstić information content (AvgIpc) is 3.42. The lowest BCUT2D eigenvalue weighted by Gasteiger charge is -2.20. The summed E-state index contributed by atoms with van der Waals surface area (Å²) in [5, 5.41) is 7.50. The SMILES string of the molecule is CN=C(NCCN1C(=O)C2C3C=CC(C3)C2C1=O)NCC(SC)c1cccc(Cl)c1. The van der Waals surface area contributed by atoms with Gasteiger partial charge in [0.2, 0.25) is 11.8 Å². The number of thioether (sulfide) groups is 1. The Bertz CT molecular complexity index is 860. The van der Waals surface area contributed by atoms with E-state index in [1.165, 1.54) is 4.90 Å². The molecule has 1 aromatic carbocycles. The van der Waals surface area contributed by atoms with Gasteiger partial charge in [-0.2, -0.15) is 11.8 Å². The number of likely N-dealkylation sites (tertiary alicyclic amines) is 1. The Hall–Kier alpha value is -1.99. The minimum absolute atomic E-state index is 0.00463. The molecule has 2 N–H and O–H groups in total. The van der Waals surface area contributed by atoms with Gasteiger partial charge in [0.05, 0.1) is 11.8 Å². The molecule has 3 aliphatic rings. The predicted octanol–water partition coefficient (Wildman–Crippen LogP) is 2.72. The van der Waals surface area contributed by atoms with Gasteiger partial charge in [0.1, 0.15) is 0 Å². The fourth-order valence-electron chi connectivity index (χ4n) is 4.92. The van der Waals surface area contributed by atoms with Crippen molar-refractivity contribution >= 4 is 41.1 Å². The third-order valence-electron chi connectivity index (χ3n) is 6.37. The number of carbonyl (C=O) groups excluding carboxylic acids is 2. The molecule has 2 fully saturated rings. The molecule has 2 amide bonds. The third kappa shape index (κ3) is 3.97. The lowest BCUT2D eigenvalue weighted by Crippen LogP contribution is -2.44. The number of nitrogens with zero attached hydrogens (tertiary/aromatic N) is 2. The number of hydrogen-bond donors (Lipinski definition) is 2. The molecule has 2 bridgehead atoms. The zero-order chi connectivity index (χ0) is 21.3. The van der Waals surface area contributed by atoms with Crippen LogP contribution >= 0.6 is 23.4 Å². The van der Waals surface area contributed by atoms with Crippen molar-refractivity contribution < 1.29 is 9.59 Å². The first-order valence-corrected chi connectivity index (χ1v) is 12.0. The summed E-state index contributed by atoms with van der Waals surface area (Å²) < 4.78 is 0. The number of fused-ring (bicyclic) bond motifs is 5. The van der Waals surface area contributed by atoms with Crippen LogP contribution in [0.25, 0.3) is 0 Å². The summed E-state index contributed by atoms with van der Waals surface area (Å²) >= 11 is 7.86. The van der Waals surface area contributed by atoms with Gasteiger partial charge < -0.3 is 10.6 Å². The maximum absolute atomic E-state index is 12.8. The smallest absolute Gasteiger partial charge is 0.233 e. The van der Waals surface area contributed by atoms with Crippen LogP contribution in [0.3, 0.4) is 0 Å². The summed E-state index contributed by atoms with van der Waals surface area (Å²) in [6.07, 6.45) is 7.25. The van der Waals surface area contributed by atoms with Crippen LogP contribution in [0.4, 0.5) is 0 Å². The molecule has 0 aromatic heterocycles. The lowest BCUT2D eigenvalue weighted by molar-refractivity contribution is -0.140. The van der Waals surface area contributed by atoms with Crippen LogP contribution in [-0.2, 0) is 9.59 Å². The number of aliphatic imine (C=N–C) groups is 1. The third-order valence-corrected chi connectivity index (χ3v) is 7.62. The molecule has 4 rings (SSSR count). The van der Waals surface area contributed by atoms with Crippen molar-refractivity contribution in [1.82, 2.24) is 15.5 Å². The number of hydrogen-bond acceptors (Lipinski definition) is 4. The Kier molecular flexibility index (Phi) is 6.39. The second kappa shape index (κ2) is 9.02. The summed E-state index contributed by atoms with van der Waals surface area (Å²) in [5.74, 6) is 0.870. The van der Waals surface area contributed by atoms with Crippen molar-refractivity contribution in [1.29, 1.82) is 0 Å². The highest BCUT2D eigenvalue weighted by atomic mass is 35.5. The number of amides is 2. The van der Waals surface area contributed by atoms with Gasteiger partial charge >= 0.3 is 0 Å². The van der Waals surface area contributed by atoms with Gasteiger partial charge in [0, 0.05) is 37.0 Å². The molecule has 6 nitrogen and oxygen atoms in total. The normalized spacial score (nSPS) is 28.2. The van der Waals surface area contributed by atoms with E-state index in [9.17, 15) is 9.59 Å². The van der Waals surface area contributed by atoms with Gasteiger partial charge in [-0.05, 0) is 42.2 Å². The number of guanidine groups is 1. The second-order valence-corrected chi connectivity index (χ2v) is 9.46. The standard InChI is InChI=1S/C22H27ClN4O2S/c1-24-22(26-12-17(30-2)13-4-3-5-16(23)11-13)25-8-9-27-20(28)18-14-6-7-15(10-14)19(18)21(27)29/h3-7,11,14-15,17-19H,8-10,12H2,1-2H3,(H2,24,25,26). The lowest BCUT2D eigenvalue weighted by atomic mass is 9.85. The Morgan fingerprint density at radius 3 is 2.53 bits per heavy atom. The number of allylic oxidation sites excluding steroid dienone is 2. The molecule has 1 saturated heterocycles. The molecule has 5 unspecified atom stereocenters. The summed E-state index contributed by atoms with van der Waals surface area (Å²) in [6.45, 7) is 1.52. The van der Waals surface area contributed by atoms with Crippen molar-refractivity contribution in [3.05, 3.63) is 47.0 Å². The first-order valence-electron chi connectivity index (χ1n) is 10.3. The van der Waals surface area contributed by atoms with E-state index >= 15 is 0 Å². The van der Waals surface area contributed by atoms with Crippen molar-refractivity contribution in [3.63, 3.8) is 0 Å². The highest BCUT2D eigenvalue weighted by molar-refractivity contribution is 7.98. The van der Waals surface area contributed by atoms with Crippen LogP contribution in [-0.4, -0.2) is 55.6 Å². The molecule has 2 aliphatic carbocycles. The maximum Gasteiger partial charge on any atom is 0.233 e. The summed E-state index contributed by atoms with van der Waals surface area (Å²) in [7, 11) is 1.71. The number of benzene rings is 1. The van der Waals surface area contributed by atoms with Crippen molar-refractivity contribution in [3.8, 4) is 0 Å². The highest BCUT2D eigenvalue weighted by Crippen LogP contribution is 2.52. The van der Waals surface area contributed by atoms with E-state index in [0.717, 1.165) is 17.0 Å². The number of imide groups is 1. The van der Waals surface area contributed by atoms with E-state index < -0.39 is 0 Å². The van der Waals surface area contributed by atoms with Crippen LogP contribution in [0.5, 0.6) is 0 Å². The average molecular weight is 447 g/mol. The molecule has 1 saturated carbocycles. The van der Waals surface area contributed by atoms with Crippen LogP contribution in [0.2, 0.25) is 5.02 Å².